The minimum absolute atomic E-state index is 0.0245. The van der Waals surface area contributed by atoms with Gasteiger partial charge in [0.1, 0.15) is 30.2 Å². The minimum Gasteiger partial charge on any atom is -0.459 e. The standard InChI is InChI=1S/C22H24ClN3O6/c23-12-21(13-29-19(27)14-6-2-1-3-7-14)17-16(30-22(31-17)9-4-5-10-22)18(32-21)26-11-8-15(24)25-20(26)28/h1-3,6-8,11,16-18H,4-5,9-10,12-13H2,(H2,24,25,28)/t16-,17+,18-,21-/m1/s1. The molecule has 3 heterocycles. The summed E-state index contributed by atoms with van der Waals surface area (Å²) in [5.41, 5.74) is 4.29. The molecule has 2 aliphatic heterocycles. The molecular weight excluding hydrogens is 438 g/mol. The quantitative estimate of drug-likeness (QED) is 0.532. The summed E-state index contributed by atoms with van der Waals surface area (Å²) < 4.78 is 26.0. The van der Waals surface area contributed by atoms with Gasteiger partial charge in [-0.15, -0.1) is 11.6 Å². The van der Waals surface area contributed by atoms with Gasteiger partial charge in [0.25, 0.3) is 0 Å². The van der Waals surface area contributed by atoms with Crippen LogP contribution in [0.25, 0.3) is 0 Å². The van der Waals surface area contributed by atoms with Crippen LogP contribution in [-0.4, -0.2) is 51.6 Å². The number of aromatic nitrogens is 2. The van der Waals surface area contributed by atoms with Crippen LogP contribution in [0, 0.1) is 0 Å². The van der Waals surface area contributed by atoms with Crippen LogP contribution in [0.2, 0.25) is 0 Å². The molecule has 2 aromatic rings. The van der Waals surface area contributed by atoms with Gasteiger partial charge in [-0.2, -0.15) is 4.98 Å². The third kappa shape index (κ3) is 3.59. The third-order valence-corrected chi connectivity index (χ3v) is 6.77. The SMILES string of the molecule is Nc1ccn([C@@H]2O[C@](CCl)(COC(=O)c3ccccc3)[C@H]3OC4(CCCC4)O[C@@H]23)c(=O)n1. The third-order valence-electron chi connectivity index (χ3n) is 6.32. The molecule has 1 spiro atoms. The number of benzene rings is 1. The topological polar surface area (TPSA) is 115 Å². The van der Waals surface area contributed by atoms with E-state index in [1.54, 1.807) is 24.3 Å². The normalized spacial score (nSPS) is 30.5. The number of halogens is 1. The number of rotatable bonds is 5. The number of hydrogen-bond acceptors (Lipinski definition) is 8. The van der Waals surface area contributed by atoms with E-state index in [2.05, 4.69) is 4.98 Å². The number of esters is 1. The maximum absolute atomic E-state index is 12.6. The molecule has 4 atom stereocenters. The van der Waals surface area contributed by atoms with Gasteiger partial charge in [-0.25, -0.2) is 9.59 Å². The molecule has 0 radical (unpaired) electrons. The average Bonchev–Trinajstić information content (AvgIpc) is 3.49. The Kier molecular flexibility index (Phi) is 5.45. The zero-order chi connectivity index (χ0) is 22.3. The molecule has 3 aliphatic rings. The highest BCUT2D eigenvalue weighted by molar-refractivity contribution is 6.18. The van der Waals surface area contributed by atoms with Crippen LogP contribution in [0.4, 0.5) is 5.82 Å². The summed E-state index contributed by atoms with van der Waals surface area (Å²) in [6.07, 6.45) is 2.84. The maximum Gasteiger partial charge on any atom is 0.351 e. The van der Waals surface area contributed by atoms with Crippen molar-refractivity contribution in [3.05, 3.63) is 58.6 Å². The number of alkyl halides is 1. The van der Waals surface area contributed by atoms with Crippen molar-refractivity contribution in [3.8, 4) is 0 Å². The van der Waals surface area contributed by atoms with E-state index in [1.807, 2.05) is 6.07 Å². The fraction of sp³-hybridized carbons (Fsp3) is 0.500. The van der Waals surface area contributed by atoms with Gasteiger partial charge >= 0.3 is 11.7 Å². The van der Waals surface area contributed by atoms with Crippen molar-refractivity contribution in [2.75, 3.05) is 18.2 Å². The summed E-state index contributed by atoms with van der Waals surface area (Å²) in [4.78, 5) is 28.9. The van der Waals surface area contributed by atoms with Crippen LogP contribution in [0.3, 0.4) is 0 Å². The Hall–Kier alpha value is -2.46. The molecule has 0 bridgehead atoms. The minimum atomic E-state index is -1.20. The van der Waals surface area contributed by atoms with Gasteiger partial charge in [-0.05, 0) is 31.0 Å². The average molecular weight is 462 g/mol. The predicted octanol–water partition coefficient (Wildman–Crippen LogP) is 2.24. The van der Waals surface area contributed by atoms with Crippen LogP contribution >= 0.6 is 11.6 Å². The summed E-state index contributed by atoms with van der Waals surface area (Å²) in [6.45, 7) is -0.154. The van der Waals surface area contributed by atoms with Gasteiger partial charge in [0, 0.05) is 19.0 Å². The molecular formula is C22H24ClN3O6. The fourth-order valence-electron chi connectivity index (χ4n) is 4.72. The molecule has 10 heteroatoms. The lowest BCUT2D eigenvalue weighted by Crippen LogP contribution is -2.49. The molecule has 3 fully saturated rings. The van der Waals surface area contributed by atoms with E-state index in [1.165, 1.54) is 16.8 Å². The molecule has 2 N–H and O–H groups in total. The van der Waals surface area contributed by atoms with E-state index in [0.717, 1.165) is 25.7 Å². The molecule has 1 aromatic heterocycles. The van der Waals surface area contributed by atoms with Gasteiger partial charge < -0.3 is 24.7 Å². The van der Waals surface area contributed by atoms with E-state index in [4.69, 9.17) is 36.3 Å². The van der Waals surface area contributed by atoms with Crippen molar-refractivity contribution in [3.63, 3.8) is 0 Å². The predicted molar refractivity (Wildman–Crippen MR) is 114 cm³/mol. The first kappa shape index (κ1) is 21.4. The molecule has 5 rings (SSSR count). The molecule has 32 heavy (non-hydrogen) atoms. The molecule has 2 saturated heterocycles. The maximum atomic E-state index is 12.6. The van der Waals surface area contributed by atoms with Crippen molar-refractivity contribution in [1.82, 2.24) is 9.55 Å². The molecule has 0 unspecified atom stereocenters. The summed E-state index contributed by atoms with van der Waals surface area (Å²) in [5, 5.41) is 0. The summed E-state index contributed by atoms with van der Waals surface area (Å²) in [5.74, 6) is -1.16. The zero-order valence-corrected chi connectivity index (χ0v) is 18.1. The van der Waals surface area contributed by atoms with E-state index in [0.29, 0.717) is 5.56 Å². The lowest BCUT2D eigenvalue weighted by atomic mass is 9.98. The Morgan fingerprint density at radius 2 is 1.94 bits per heavy atom. The number of ether oxygens (including phenoxy) is 4. The van der Waals surface area contributed by atoms with Crippen molar-refractivity contribution in [2.45, 2.75) is 55.5 Å². The Morgan fingerprint density at radius 3 is 2.62 bits per heavy atom. The smallest absolute Gasteiger partial charge is 0.351 e. The monoisotopic (exact) mass is 461 g/mol. The second kappa shape index (κ2) is 8.15. The van der Waals surface area contributed by atoms with Crippen molar-refractivity contribution in [1.29, 1.82) is 0 Å². The highest BCUT2D eigenvalue weighted by Crippen LogP contribution is 2.52. The molecule has 9 nitrogen and oxygen atoms in total. The Labute approximate surface area is 189 Å². The lowest BCUT2D eigenvalue weighted by Gasteiger charge is -2.33. The van der Waals surface area contributed by atoms with Gasteiger partial charge in [0.05, 0.1) is 11.4 Å². The number of carbonyl (C=O) groups is 1. The Morgan fingerprint density at radius 1 is 1.19 bits per heavy atom. The van der Waals surface area contributed by atoms with Crippen molar-refractivity contribution < 1.29 is 23.7 Å². The van der Waals surface area contributed by atoms with E-state index < -0.39 is 41.5 Å². The number of carbonyl (C=O) groups excluding carboxylic acids is 1. The van der Waals surface area contributed by atoms with Gasteiger partial charge in [0.15, 0.2) is 12.0 Å². The van der Waals surface area contributed by atoms with Crippen molar-refractivity contribution in [2.24, 2.45) is 0 Å². The number of nitrogens with zero attached hydrogens (tertiary/aromatic N) is 2. The second-order valence-corrected chi connectivity index (χ2v) is 8.70. The number of fused-ring (bicyclic) bond motifs is 1. The van der Waals surface area contributed by atoms with Crippen LogP contribution < -0.4 is 11.4 Å². The van der Waals surface area contributed by atoms with Crippen LogP contribution in [0.1, 0.15) is 42.3 Å². The molecule has 1 aromatic carbocycles. The van der Waals surface area contributed by atoms with E-state index in [9.17, 15) is 9.59 Å². The first-order valence-electron chi connectivity index (χ1n) is 10.6. The number of anilines is 1. The van der Waals surface area contributed by atoms with Crippen LogP contribution in [-0.2, 0) is 18.9 Å². The second-order valence-electron chi connectivity index (χ2n) is 8.43. The first-order valence-corrected chi connectivity index (χ1v) is 11.2. The van der Waals surface area contributed by atoms with Gasteiger partial charge in [-0.1, -0.05) is 18.2 Å². The molecule has 170 valence electrons. The lowest BCUT2D eigenvalue weighted by molar-refractivity contribution is -0.235. The fourth-order valence-corrected chi connectivity index (χ4v) is 5.01. The van der Waals surface area contributed by atoms with Gasteiger partial charge in [-0.3, -0.25) is 4.57 Å². The summed E-state index contributed by atoms with van der Waals surface area (Å²) in [7, 11) is 0. The summed E-state index contributed by atoms with van der Waals surface area (Å²) in [6, 6.07) is 10.2. The summed E-state index contributed by atoms with van der Waals surface area (Å²) >= 11 is 6.40. The van der Waals surface area contributed by atoms with Crippen molar-refractivity contribution >= 4 is 23.4 Å². The number of hydrogen-bond donors (Lipinski definition) is 1. The van der Waals surface area contributed by atoms with Crippen LogP contribution in [0.15, 0.2) is 47.4 Å². The highest BCUT2D eigenvalue weighted by Gasteiger charge is 2.66. The Bertz CT molecular complexity index is 1060. The molecule has 0 amide bonds. The number of nitrogens with two attached hydrogens (primary N) is 1. The molecule has 1 aliphatic carbocycles. The molecule has 1 saturated carbocycles. The number of nitrogen functional groups attached to an aromatic ring is 1. The van der Waals surface area contributed by atoms with Gasteiger partial charge in [0.2, 0.25) is 0 Å². The first-order chi connectivity index (χ1) is 15.5. The van der Waals surface area contributed by atoms with E-state index in [-0.39, 0.29) is 18.3 Å². The largest absolute Gasteiger partial charge is 0.459 e. The highest BCUT2D eigenvalue weighted by atomic mass is 35.5. The zero-order valence-electron chi connectivity index (χ0n) is 17.3. The van der Waals surface area contributed by atoms with Crippen LogP contribution in [0.5, 0.6) is 0 Å². The Balaban J connectivity index is 1.46. The van der Waals surface area contributed by atoms with E-state index >= 15 is 0 Å².